The molecule has 0 heterocycles. The predicted octanol–water partition coefficient (Wildman–Crippen LogP) is 2.72. The van der Waals surface area contributed by atoms with Gasteiger partial charge in [0, 0.05) is 24.7 Å². The van der Waals surface area contributed by atoms with E-state index in [-0.39, 0.29) is 18.1 Å². The second-order valence-electron chi connectivity index (χ2n) is 5.19. The van der Waals surface area contributed by atoms with Crippen molar-refractivity contribution in [3.05, 3.63) is 64.2 Å². The van der Waals surface area contributed by atoms with Gasteiger partial charge in [-0.2, -0.15) is 0 Å². The summed E-state index contributed by atoms with van der Waals surface area (Å²) < 4.78 is 5.63. The molecule has 23 heavy (non-hydrogen) atoms. The molecule has 0 unspecified atom stereocenters. The highest BCUT2D eigenvalue weighted by Gasteiger charge is 2.11. The summed E-state index contributed by atoms with van der Waals surface area (Å²) in [6.07, 6.45) is 0. The lowest BCUT2D eigenvalue weighted by Crippen LogP contribution is -2.21. The van der Waals surface area contributed by atoms with Crippen molar-refractivity contribution in [3.63, 3.8) is 0 Å². The van der Waals surface area contributed by atoms with Crippen LogP contribution in [0.5, 0.6) is 5.75 Å². The summed E-state index contributed by atoms with van der Waals surface area (Å²) in [7, 11) is 3.40. The first-order valence-electron chi connectivity index (χ1n) is 6.91. The van der Waals surface area contributed by atoms with Gasteiger partial charge in [-0.1, -0.05) is 23.7 Å². The van der Waals surface area contributed by atoms with E-state index in [0.717, 1.165) is 5.56 Å². The maximum atomic E-state index is 11.8. The Balaban J connectivity index is 2.10. The molecule has 0 spiro atoms. The molecule has 0 fully saturated rings. The SMILES string of the molecule is CN(C)C(=O)c1ccc(COc2ccc(Cl)cc2C(N)=O)cc1. The van der Waals surface area contributed by atoms with E-state index in [2.05, 4.69) is 0 Å². The average molecular weight is 333 g/mol. The molecular formula is C17H17ClN2O3. The Labute approximate surface area is 139 Å². The van der Waals surface area contributed by atoms with E-state index < -0.39 is 5.91 Å². The van der Waals surface area contributed by atoms with E-state index in [4.69, 9.17) is 22.1 Å². The first-order valence-corrected chi connectivity index (χ1v) is 7.29. The van der Waals surface area contributed by atoms with Crippen molar-refractivity contribution >= 4 is 23.4 Å². The molecule has 0 saturated heterocycles. The van der Waals surface area contributed by atoms with E-state index in [9.17, 15) is 9.59 Å². The van der Waals surface area contributed by atoms with Gasteiger partial charge in [-0.15, -0.1) is 0 Å². The molecular weight excluding hydrogens is 316 g/mol. The fourth-order valence-corrected chi connectivity index (χ4v) is 2.16. The maximum absolute atomic E-state index is 11.8. The van der Waals surface area contributed by atoms with Gasteiger partial charge in [0.05, 0.1) is 5.56 Å². The minimum atomic E-state index is -0.602. The number of halogens is 1. The molecule has 0 aliphatic heterocycles. The Hall–Kier alpha value is -2.53. The summed E-state index contributed by atoms with van der Waals surface area (Å²) in [5, 5.41) is 0.415. The third kappa shape index (κ3) is 4.23. The van der Waals surface area contributed by atoms with Gasteiger partial charge in [-0.3, -0.25) is 9.59 Å². The molecule has 0 aliphatic carbocycles. The van der Waals surface area contributed by atoms with Crippen LogP contribution in [0.3, 0.4) is 0 Å². The van der Waals surface area contributed by atoms with E-state index in [1.54, 1.807) is 50.5 Å². The van der Waals surface area contributed by atoms with Gasteiger partial charge in [0.15, 0.2) is 0 Å². The van der Waals surface area contributed by atoms with E-state index >= 15 is 0 Å². The Kier molecular flexibility index (Phi) is 5.24. The molecule has 0 bridgehead atoms. The Morgan fingerprint density at radius 2 is 1.78 bits per heavy atom. The molecule has 2 rings (SSSR count). The first-order chi connectivity index (χ1) is 10.9. The number of carbonyl (C=O) groups is 2. The normalized spacial score (nSPS) is 10.2. The quantitative estimate of drug-likeness (QED) is 0.915. The molecule has 2 N–H and O–H groups in total. The molecule has 0 aromatic heterocycles. The molecule has 0 radical (unpaired) electrons. The minimum Gasteiger partial charge on any atom is -0.488 e. The smallest absolute Gasteiger partial charge is 0.253 e. The number of hydrogen-bond donors (Lipinski definition) is 1. The van der Waals surface area contributed by atoms with E-state index in [0.29, 0.717) is 16.3 Å². The van der Waals surface area contributed by atoms with Crippen LogP contribution in [0.2, 0.25) is 5.02 Å². The second kappa shape index (κ2) is 7.15. The topological polar surface area (TPSA) is 72.6 Å². The highest BCUT2D eigenvalue weighted by molar-refractivity contribution is 6.31. The highest BCUT2D eigenvalue weighted by atomic mass is 35.5. The minimum absolute atomic E-state index is 0.0637. The fourth-order valence-electron chi connectivity index (χ4n) is 1.98. The lowest BCUT2D eigenvalue weighted by Gasteiger charge is -2.12. The van der Waals surface area contributed by atoms with Crippen molar-refractivity contribution in [1.82, 2.24) is 4.90 Å². The molecule has 0 aliphatic rings. The van der Waals surface area contributed by atoms with Gasteiger partial charge < -0.3 is 15.4 Å². The average Bonchev–Trinajstić information content (AvgIpc) is 2.53. The molecule has 0 atom stereocenters. The lowest BCUT2D eigenvalue weighted by molar-refractivity contribution is 0.0827. The largest absolute Gasteiger partial charge is 0.488 e. The van der Waals surface area contributed by atoms with Crippen LogP contribution in [0.1, 0.15) is 26.3 Å². The predicted molar refractivity (Wildman–Crippen MR) is 88.8 cm³/mol. The van der Waals surface area contributed by atoms with Crippen LogP contribution in [0.15, 0.2) is 42.5 Å². The molecule has 120 valence electrons. The number of rotatable bonds is 5. The number of primary amides is 1. The van der Waals surface area contributed by atoms with Gasteiger partial charge in [-0.05, 0) is 35.9 Å². The number of nitrogens with two attached hydrogens (primary N) is 1. The van der Waals surface area contributed by atoms with Crippen LogP contribution < -0.4 is 10.5 Å². The van der Waals surface area contributed by atoms with E-state index in [1.165, 1.54) is 11.0 Å². The van der Waals surface area contributed by atoms with Crippen molar-refractivity contribution in [3.8, 4) is 5.75 Å². The second-order valence-corrected chi connectivity index (χ2v) is 5.63. The number of carbonyl (C=O) groups excluding carboxylic acids is 2. The van der Waals surface area contributed by atoms with Gasteiger partial charge in [0.25, 0.3) is 11.8 Å². The Bertz CT molecular complexity index is 727. The zero-order valence-corrected chi connectivity index (χ0v) is 13.6. The van der Waals surface area contributed by atoms with Crippen molar-refractivity contribution in [2.75, 3.05) is 14.1 Å². The Morgan fingerprint density at radius 3 is 2.35 bits per heavy atom. The number of benzene rings is 2. The van der Waals surface area contributed by atoms with Crippen LogP contribution >= 0.6 is 11.6 Å². The molecule has 2 aromatic rings. The first kappa shape index (κ1) is 16.8. The van der Waals surface area contributed by atoms with Crippen LogP contribution in [-0.2, 0) is 6.61 Å². The van der Waals surface area contributed by atoms with Gasteiger partial charge in [0.2, 0.25) is 0 Å². The van der Waals surface area contributed by atoms with Crippen LogP contribution in [0.25, 0.3) is 0 Å². The fraction of sp³-hybridized carbons (Fsp3) is 0.176. The van der Waals surface area contributed by atoms with Gasteiger partial charge in [0.1, 0.15) is 12.4 Å². The lowest BCUT2D eigenvalue weighted by atomic mass is 10.1. The third-order valence-corrected chi connectivity index (χ3v) is 3.44. The Morgan fingerprint density at radius 1 is 1.13 bits per heavy atom. The number of hydrogen-bond acceptors (Lipinski definition) is 3. The molecule has 2 aromatic carbocycles. The van der Waals surface area contributed by atoms with Crippen molar-refractivity contribution < 1.29 is 14.3 Å². The summed E-state index contributed by atoms with van der Waals surface area (Å²) in [6.45, 7) is 0.248. The zero-order valence-electron chi connectivity index (χ0n) is 12.9. The summed E-state index contributed by atoms with van der Waals surface area (Å²) >= 11 is 5.85. The van der Waals surface area contributed by atoms with E-state index in [1.807, 2.05) is 0 Å². The van der Waals surface area contributed by atoms with Gasteiger partial charge in [-0.25, -0.2) is 0 Å². The standard InChI is InChI=1S/C17H17ClN2O3/c1-20(2)17(22)12-5-3-11(4-6-12)10-23-15-8-7-13(18)9-14(15)16(19)21/h3-9H,10H2,1-2H3,(H2,19,21). The number of ether oxygens (including phenoxy) is 1. The number of amides is 2. The summed E-state index contributed by atoms with van der Waals surface area (Å²) in [5.41, 5.74) is 7.01. The third-order valence-electron chi connectivity index (χ3n) is 3.21. The monoisotopic (exact) mass is 332 g/mol. The summed E-state index contributed by atoms with van der Waals surface area (Å²) in [4.78, 5) is 24.7. The summed E-state index contributed by atoms with van der Waals surface area (Å²) in [5.74, 6) is -0.295. The maximum Gasteiger partial charge on any atom is 0.253 e. The number of nitrogens with zero attached hydrogens (tertiary/aromatic N) is 1. The van der Waals surface area contributed by atoms with Crippen LogP contribution in [0.4, 0.5) is 0 Å². The molecule has 0 saturated carbocycles. The molecule has 2 amide bonds. The summed E-state index contributed by atoms with van der Waals surface area (Å²) in [6, 6.07) is 11.8. The van der Waals surface area contributed by atoms with Crippen LogP contribution in [0, 0.1) is 0 Å². The molecule has 6 heteroatoms. The molecule has 5 nitrogen and oxygen atoms in total. The van der Waals surface area contributed by atoms with Crippen molar-refractivity contribution in [2.24, 2.45) is 5.73 Å². The highest BCUT2D eigenvalue weighted by Crippen LogP contribution is 2.23. The van der Waals surface area contributed by atoms with Crippen molar-refractivity contribution in [1.29, 1.82) is 0 Å². The van der Waals surface area contributed by atoms with Crippen LogP contribution in [-0.4, -0.2) is 30.8 Å². The zero-order chi connectivity index (χ0) is 17.0. The van der Waals surface area contributed by atoms with Gasteiger partial charge >= 0.3 is 0 Å². The van der Waals surface area contributed by atoms with Crippen molar-refractivity contribution in [2.45, 2.75) is 6.61 Å².